The first-order valence-corrected chi connectivity index (χ1v) is 4.81. The maximum atomic E-state index is 8.81. The Hall–Kier alpha value is -0.180. The highest BCUT2D eigenvalue weighted by Crippen LogP contribution is 2.21. The molecule has 0 saturated carbocycles. The highest BCUT2D eigenvalue weighted by molar-refractivity contribution is 7.98. The van der Waals surface area contributed by atoms with Crippen LogP contribution in [0, 0.1) is 0 Å². The Labute approximate surface area is 75.4 Å². The smallest absolute Gasteiger partial charge is 0.0682 e. The van der Waals surface area contributed by atoms with Crippen molar-refractivity contribution in [1.29, 1.82) is 0 Å². The Balaban J connectivity index is 3.02. The van der Waals surface area contributed by atoms with Crippen molar-refractivity contribution in [3.05, 3.63) is 28.8 Å². The van der Waals surface area contributed by atoms with Crippen molar-refractivity contribution < 1.29 is 5.11 Å². The van der Waals surface area contributed by atoms with E-state index in [1.54, 1.807) is 17.8 Å². The third-order valence-electron chi connectivity index (χ3n) is 1.35. The molecule has 0 fully saturated rings. The lowest BCUT2D eigenvalue weighted by Gasteiger charge is -2.00. The van der Waals surface area contributed by atoms with E-state index < -0.39 is 0 Å². The molecule has 0 saturated heterocycles. The van der Waals surface area contributed by atoms with E-state index in [-0.39, 0.29) is 6.61 Å². The van der Waals surface area contributed by atoms with Crippen LogP contribution in [0.3, 0.4) is 0 Å². The molecule has 0 spiro atoms. The van der Waals surface area contributed by atoms with Crippen molar-refractivity contribution in [1.82, 2.24) is 0 Å². The summed E-state index contributed by atoms with van der Waals surface area (Å²) in [5.41, 5.74) is 0.863. The van der Waals surface area contributed by atoms with Gasteiger partial charge < -0.3 is 5.11 Å². The van der Waals surface area contributed by atoms with E-state index in [0.717, 1.165) is 10.5 Å². The first-order valence-electron chi connectivity index (χ1n) is 3.20. The van der Waals surface area contributed by atoms with Gasteiger partial charge in [-0.1, -0.05) is 11.6 Å². The molecule has 1 N–H and O–H groups in total. The summed E-state index contributed by atoms with van der Waals surface area (Å²) in [7, 11) is 0. The van der Waals surface area contributed by atoms with Crippen LogP contribution in [0.15, 0.2) is 23.1 Å². The van der Waals surface area contributed by atoms with Gasteiger partial charge >= 0.3 is 0 Å². The zero-order chi connectivity index (χ0) is 8.27. The molecular weight excluding hydrogens is 180 g/mol. The van der Waals surface area contributed by atoms with Gasteiger partial charge in [-0.2, -0.15) is 0 Å². The van der Waals surface area contributed by atoms with E-state index in [1.165, 1.54) is 0 Å². The molecule has 60 valence electrons. The van der Waals surface area contributed by atoms with Gasteiger partial charge in [0.25, 0.3) is 0 Å². The van der Waals surface area contributed by atoms with Gasteiger partial charge in [0.05, 0.1) is 6.61 Å². The minimum absolute atomic E-state index is 0.0497. The van der Waals surface area contributed by atoms with Gasteiger partial charge in [-0.25, -0.2) is 0 Å². The van der Waals surface area contributed by atoms with Gasteiger partial charge in [0.2, 0.25) is 0 Å². The van der Waals surface area contributed by atoms with Crippen LogP contribution in [0.4, 0.5) is 0 Å². The van der Waals surface area contributed by atoms with Crippen LogP contribution >= 0.6 is 23.4 Å². The minimum atomic E-state index is 0.0497. The summed E-state index contributed by atoms with van der Waals surface area (Å²) in [6.45, 7) is 0.0497. The third-order valence-corrected chi connectivity index (χ3v) is 2.27. The summed E-state index contributed by atoms with van der Waals surface area (Å²) in [4.78, 5) is 1.08. The molecule has 1 nitrogen and oxygen atoms in total. The molecule has 1 aromatic carbocycles. The fourth-order valence-corrected chi connectivity index (χ4v) is 1.67. The van der Waals surface area contributed by atoms with Gasteiger partial charge in [0.15, 0.2) is 0 Å². The lowest BCUT2D eigenvalue weighted by molar-refractivity contribution is 0.281. The molecule has 0 amide bonds. The molecule has 3 heteroatoms. The van der Waals surface area contributed by atoms with Crippen molar-refractivity contribution in [2.24, 2.45) is 0 Å². The third kappa shape index (κ3) is 2.40. The number of hydrogen-bond acceptors (Lipinski definition) is 2. The van der Waals surface area contributed by atoms with E-state index in [9.17, 15) is 0 Å². The van der Waals surface area contributed by atoms with Crippen molar-refractivity contribution in [2.45, 2.75) is 11.5 Å². The Morgan fingerprint density at radius 1 is 1.45 bits per heavy atom. The van der Waals surface area contributed by atoms with E-state index in [1.807, 2.05) is 18.4 Å². The summed E-state index contributed by atoms with van der Waals surface area (Å²) in [5.74, 6) is 0. The van der Waals surface area contributed by atoms with Crippen molar-refractivity contribution >= 4 is 23.4 Å². The molecule has 0 heterocycles. The molecule has 0 aromatic heterocycles. The Morgan fingerprint density at radius 3 is 2.73 bits per heavy atom. The standard InChI is InChI=1S/C8H9ClOS/c1-11-8-3-6(5-10)2-7(9)4-8/h2-4,10H,5H2,1H3. The number of halogens is 1. The molecule has 1 rings (SSSR count). The summed E-state index contributed by atoms with van der Waals surface area (Å²) < 4.78 is 0. The molecule has 0 aliphatic carbocycles. The van der Waals surface area contributed by atoms with Gasteiger partial charge in [-0.3, -0.25) is 0 Å². The fourth-order valence-electron chi connectivity index (χ4n) is 0.830. The lowest BCUT2D eigenvalue weighted by atomic mass is 10.2. The average Bonchev–Trinajstić information content (AvgIpc) is 2.03. The second-order valence-corrected chi connectivity index (χ2v) is 3.47. The molecular formula is C8H9ClOS. The molecule has 0 bridgehead atoms. The van der Waals surface area contributed by atoms with Gasteiger partial charge in [0.1, 0.15) is 0 Å². The Kier molecular flexibility index (Phi) is 3.24. The quantitative estimate of drug-likeness (QED) is 0.720. The van der Waals surface area contributed by atoms with E-state index in [2.05, 4.69) is 0 Å². The van der Waals surface area contributed by atoms with Crippen LogP contribution in [-0.4, -0.2) is 11.4 Å². The second-order valence-electron chi connectivity index (χ2n) is 2.16. The minimum Gasteiger partial charge on any atom is -0.392 e. The van der Waals surface area contributed by atoms with Gasteiger partial charge in [0, 0.05) is 9.92 Å². The zero-order valence-electron chi connectivity index (χ0n) is 6.17. The monoisotopic (exact) mass is 188 g/mol. The zero-order valence-corrected chi connectivity index (χ0v) is 7.75. The molecule has 0 aliphatic heterocycles. The first kappa shape index (κ1) is 8.91. The second kappa shape index (κ2) is 4.00. The predicted molar refractivity (Wildman–Crippen MR) is 49.2 cm³/mol. The van der Waals surface area contributed by atoms with Crippen molar-refractivity contribution in [3.8, 4) is 0 Å². The summed E-state index contributed by atoms with van der Waals surface area (Å²) >= 11 is 7.40. The van der Waals surface area contributed by atoms with E-state index >= 15 is 0 Å². The summed E-state index contributed by atoms with van der Waals surface area (Å²) in [5, 5.41) is 9.50. The average molecular weight is 189 g/mol. The fraction of sp³-hybridized carbons (Fsp3) is 0.250. The molecule has 11 heavy (non-hydrogen) atoms. The van der Waals surface area contributed by atoms with Crippen LogP contribution in [0.2, 0.25) is 5.02 Å². The van der Waals surface area contributed by atoms with Crippen LogP contribution in [0.1, 0.15) is 5.56 Å². The highest BCUT2D eigenvalue weighted by Gasteiger charge is 1.96. The first-order chi connectivity index (χ1) is 5.26. The topological polar surface area (TPSA) is 20.2 Å². The maximum Gasteiger partial charge on any atom is 0.0682 e. The van der Waals surface area contributed by atoms with Crippen LogP contribution in [-0.2, 0) is 6.61 Å². The SMILES string of the molecule is CSc1cc(Cl)cc(CO)c1. The largest absolute Gasteiger partial charge is 0.392 e. The molecule has 0 radical (unpaired) electrons. The van der Waals surface area contributed by atoms with Crippen LogP contribution in [0.25, 0.3) is 0 Å². The predicted octanol–water partition coefficient (Wildman–Crippen LogP) is 2.55. The van der Waals surface area contributed by atoms with E-state index in [0.29, 0.717) is 5.02 Å². The van der Waals surface area contributed by atoms with E-state index in [4.69, 9.17) is 16.7 Å². The summed E-state index contributed by atoms with van der Waals surface area (Å²) in [6, 6.07) is 5.57. The number of aliphatic hydroxyl groups is 1. The lowest BCUT2D eigenvalue weighted by Crippen LogP contribution is -1.83. The molecule has 0 aliphatic rings. The van der Waals surface area contributed by atoms with Crippen LogP contribution < -0.4 is 0 Å². The molecule has 1 aromatic rings. The number of aliphatic hydroxyl groups excluding tert-OH is 1. The summed E-state index contributed by atoms with van der Waals surface area (Å²) in [6.07, 6.45) is 1.98. The molecule has 0 unspecified atom stereocenters. The van der Waals surface area contributed by atoms with Gasteiger partial charge in [-0.05, 0) is 30.0 Å². The van der Waals surface area contributed by atoms with Crippen LogP contribution in [0.5, 0.6) is 0 Å². The highest BCUT2D eigenvalue weighted by atomic mass is 35.5. The number of thioether (sulfide) groups is 1. The number of benzene rings is 1. The van der Waals surface area contributed by atoms with Crippen molar-refractivity contribution in [2.75, 3.05) is 6.26 Å². The Bertz CT molecular complexity index is 228. The maximum absolute atomic E-state index is 8.81. The number of hydrogen-bond donors (Lipinski definition) is 1. The Morgan fingerprint density at radius 2 is 2.18 bits per heavy atom. The van der Waals surface area contributed by atoms with Crippen molar-refractivity contribution in [3.63, 3.8) is 0 Å². The molecule has 0 atom stereocenters. The normalized spacial score (nSPS) is 10.1. The van der Waals surface area contributed by atoms with Gasteiger partial charge in [-0.15, -0.1) is 11.8 Å². The number of rotatable bonds is 2.